The molecule has 0 aromatic carbocycles. The minimum absolute atomic E-state index is 0.345. The maximum atomic E-state index is 9.88. The van der Waals surface area contributed by atoms with Crippen molar-refractivity contribution in [1.82, 2.24) is 0 Å². The van der Waals surface area contributed by atoms with E-state index in [-0.39, 0.29) is 0 Å². The van der Waals surface area contributed by atoms with E-state index in [4.69, 9.17) is 0 Å². The Morgan fingerprint density at radius 1 is 1.50 bits per heavy atom. The summed E-state index contributed by atoms with van der Waals surface area (Å²) in [6.45, 7) is 10.2. The molecule has 2 unspecified atom stereocenters. The van der Waals surface area contributed by atoms with Crippen molar-refractivity contribution in [3.05, 3.63) is 11.6 Å². The van der Waals surface area contributed by atoms with Crippen LogP contribution in [-0.4, -0.2) is 10.7 Å². The molecule has 0 fully saturated rings. The first-order chi connectivity index (χ1) is 5.40. The molecule has 0 aliphatic heterocycles. The van der Waals surface area contributed by atoms with Gasteiger partial charge in [-0.3, -0.25) is 0 Å². The molecule has 0 rings (SSSR count). The maximum Gasteiger partial charge on any atom is 0.0645 e. The van der Waals surface area contributed by atoms with Crippen LogP contribution in [0.3, 0.4) is 0 Å². The summed E-state index contributed by atoms with van der Waals surface area (Å²) in [6, 6.07) is 0. The SMILES string of the molecule is CCC(C)(O)C(C)CC=C(C)C. The predicted molar refractivity (Wildman–Crippen MR) is 54.1 cm³/mol. The van der Waals surface area contributed by atoms with E-state index < -0.39 is 5.60 Å². The number of hydrogen-bond acceptors (Lipinski definition) is 1. The Bertz CT molecular complexity index is 152. The molecule has 1 N–H and O–H groups in total. The van der Waals surface area contributed by atoms with E-state index >= 15 is 0 Å². The molecule has 0 aliphatic carbocycles. The van der Waals surface area contributed by atoms with E-state index in [9.17, 15) is 5.11 Å². The van der Waals surface area contributed by atoms with Crippen molar-refractivity contribution in [2.45, 2.75) is 53.1 Å². The van der Waals surface area contributed by atoms with Crippen molar-refractivity contribution in [3.63, 3.8) is 0 Å². The molecule has 0 aromatic heterocycles. The van der Waals surface area contributed by atoms with Crippen LogP contribution in [0.5, 0.6) is 0 Å². The monoisotopic (exact) mass is 170 g/mol. The highest BCUT2D eigenvalue weighted by Crippen LogP contribution is 2.24. The zero-order valence-electron chi connectivity index (χ0n) is 9.02. The van der Waals surface area contributed by atoms with Gasteiger partial charge in [-0.15, -0.1) is 0 Å². The van der Waals surface area contributed by atoms with E-state index in [1.807, 2.05) is 13.8 Å². The van der Waals surface area contributed by atoms with Crippen molar-refractivity contribution in [2.24, 2.45) is 5.92 Å². The van der Waals surface area contributed by atoms with Crippen LogP contribution in [0.15, 0.2) is 11.6 Å². The highest BCUT2D eigenvalue weighted by atomic mass is 16.3. The molecule has 0 saturated carbocycles. The highest BCUT2D eigenvalue weighted by Gasteiger charge is 2.24. The third kappa shape index (κ3) is 3.91. The topological polar surface area (TPSA) is 20.2 Å². The molecule has 0 heterocycles. The summed E-state index contributed by atoms with van der Waals surface area (Å²) < 4.78 is 0. The summed E-state index contributed by atoms with van der Waals surface area (Å²) in [5.74, 6) is 0.345. The summed E-state index contributed by atoms with van der Waals surface area (Å²) in [6.07, 6.45) is 3.99. The predicted octanol–water partition coefficient (Wildman–Crippen LogP) is 3.14. The molecule has 0 radical (unpaired) electrons. The summed E-state index contributed by atoms with van der Waals surface area (Å²) in [7, 11) is 0. The third-order valence-corrected chi connectivity index (χ3v) is 2.66. The van der Waals surface area contributed by atoms with Crippen molar-refractivity contribution < 1.29 is 5.11 Å². The third-order valence-electron chi connectivity index (χ3n) is 2.66. The molecule has 0 spiro atoms. The number of allylic oxidation sites excluding steroid dienone is 2. The first-order valence-electron chi connectivity index (χ1n) is 4.76. The van der Waals surface area contributed by atoms with E-state index in [0.717, 1.165) is 12.8 Å². The van der Waals surface area contributed by atoms with E-state index in [1.54, 1.807) is 0 Å². The van der Waals surface area contributed by atoms with E-state index in [2.05, 4.69) is 26.8 Å². The van der Waals surface area contributed by atoms with Gasteiger partial charge in [-0.1, -0.05) is 25.5 Å². The molecule has 0 bridgehead atoms. The largest absolute Gasteiger partial charge is 0.390 e. The van der Waals surface area contributed by atoms with Gasteiger partial charge in [0.1, 0.15) is 0 Å². The standard InChI is InChI=1S/C11H22O/c1-6-11(5,12)10(4)8-7-9(2)3/h7,10,12H,6,8H2,1-5H3. The van der Waals surface area contributed by atoms with Gasteiger partial charge in [0.25, 0.3) is 0 Å². The van der Waals surface area contributed by atoms with Gasteiger partial charge < -0.3 is 5.11 Å². The van der Waals surface area contributed by atoms with Gasteiger partial charge in [0, 0.05) is 0 Å². The molecule has 2 atom stereocenters. The molecule has 12 heavy (non-hydrogen) atoms. The minimum atomic E-state index is -0.508. The first-order valence-corrected chi connectivity index (χ1v) is 4.76. The lowest BCUT2D eigenvalue weighted by atomic mass is 9.85. The van der Waals surface area contributed by atoms with Crippen LogP contribution in [0.25, 0.3) is 0 Å². The Morgan fingerprint density at radius 2 is 2.00 bits per heavy atom. The molecule has 1 heteroatoms. The summed E-state index contributed by atoms with van der Waals surface area (Å²) in [5, 5.41) is 9.88. The molecule has 72 valence electrons. The lowest BCUT2D eigenvalue weighted by molar-refractivity contribution is 0.00380. The Labute approximate surface area is 76.5 Å². The van der Waals surface area contributed by atoms with Crippen LogP contribution in [0.1, 0.15) is 47.5 Å². The fraction of sp³-hybridized carbons (Fsp3) is 0.818. The van der Waals surface area contributed by atoms with Crippen LogP contribution in [0.2, 0.25) is 0 Å². The number of hydrogen-bond donors (Lipinski definition) is 1. The second kappa shape index (κ2) is 4.66. The molecule has 1 nitrogen and oxygen atoms in total. The van der Waals surface area contributed by atoms with Crippen LogP contribution < -0.4 is 0 Å². The van der Waals surface area contributed by atoms with Crippen LogP contribution in [0, 0.1) is 5.92 Å². The molecule has 0 amide bonds. The summed E-state index contributed by atoms with van der Waals surface area (Å²) in [4.78, 5) is 0. The average molecular weight is 170 g/mol. The van der Waals surface area contributed by atoms with Crippen molar-refractivity contribution >= 4 is 0 Å². The van der Waals surface area contributed by atoms with E-state index in [1.165, 1.54) is 5.57 Å². The number of rotatable bonds is 4. The zero-order valence-corrected chi connectivity index (χ0v) is 9.02. The van der Waals surface area contributed by atoms with Gasteiger partial charge in [-0.05, 0) is 39.5 Å². The quantitative estimate of drug-likeness (QED) is 0.643. The van der Waals surface area contributed by atoms with E-state index in [0.29, 0.717) is 5.92 Å². The van der Waals surface area contributed by atoms with Gasteiger partial charge >= 0.3 is 0 Å². The molecule has 0 saturated heterocycles. The van der Waals surface area contributed by atoms with Crippen LogP contribution in [0.4, 0.5) is 0 Å². The first kappa shape index (κ1) is 11.7. The molecule has 0 aliphatic rings. The van der Waals surface area contributed by atoms with Crippen molar-refractivity contribution in [3.8, 4) is 0 Å². The van der Waals surface area contributed by atoms with Crippen molar-refractivity contribution in [1.29, 1.82) is 0 Å². The second-order valence-electron chi connectivity index (χ2n) is 4.13. The normalized spacial score (nSPS) is 18.2. The lowest BCUT2D eigenvalue weighted by Crippen LogP contribution is -2.31. The summed E-state index contributed by atoms with van der Waals surface area (Å²) in [5.41, 5.74) is 0.820. The zero-order chi connectivity index (χ0) is 9.78. The Morgan fingerprint density at radius 3 is 2.33 bits per heavy atom. The molecular weight excluding hydrogens is 148 g/mol. The Kier molecular flexibility index (Phi) is 4.54. The van der Waals surface area contributed by atoms with Gasteiger partial charge in [0.05, 0.1) is 5.60 Å². The fourth-order valence-corrected chi connectivity index (χ4v) is 1.01. The highest BCUT2D eigenvalue weighted by molar-refractivity contribution is 4.95. The van der Waals surface area contributed by atoms with Crippen molar-refractivity contribution in [2.75, 3.05) is 0 Å². The smallest absolute Gasteiger partial charge is 0.0645 e. The molecular formula is C11H22O. The number of aliphatic hydroxyl groups is 1. The van der Waals surface area contributed by atoms with Crippen LogP contribution in [-0.2, 0) is 0 Å². The molecule has 0 aromatic rings. The average Bonchev–Trinajstić information content (AvgIpc) is 2.00. The van der Waals surface area contributed by atoms with Gasteiger partial charge in [-0.2, -0.15) is 0 Å². The lowest BCUT2D eigenvalue weighted by Gasteiger charge is -2.28. The fourth-order valence-electron chi connectivity index (χ4n) is 1.01. The Hall–Kier alpha value is -0.300. The maximum absolute atomic E-state index is 9.88. The summed E-state index contributed by atoms with van der Waals surface area (Å²) >= 11 is 0. The van der Waals surface area contributed by atoms with Crippen LogP contribution >= 0.6 is 0 Å². The Balaban J connectivity index is 4.03. The van der Waals surface area contributed by atoms with Gasteiger partial charge in [0.15, 0.2) is 0 Å². The minimum Gasteiger partial charge on any atom is -0.390 e. The van der Waals surface area contributed by atoms with Gasteiger partial charge in [-0.25, -0.2) is 0 Å². The van der Waals surface area contributed by atoms with Gasteiger partial charge in [0.2, 0.25) is 0 Å². The second-order valence-corrected chi connectivity index (χ2v) is 4.13.